The number of phenols is 1. The zero-order chi connectivity index (χ0) is 15.1. The molecular weight excluding hydrogens is 292 g/mol. The molecule has 0 aliphatic carbocycles. The molecule has 2 aromatic rings. The minimum atomic E-state index is -0.465. The first-order valence-electron chi connectivity index (χ1n) is 6.21. The molecule has 3 N–H and O–H groups in total. The molecule has 0 fully saturated rings. The molecule has 0 saturated heterocycles. The maximum atomic E-state index is 12.3. The molecule has 2 amide bonds. The van der Waals surface area contributed by atoms with Gasteiger partial charge in [0.25, 0.3) is 11.8 Å². The van der Waals surface area contributed by atoms with Gasteiger partial charge >= 0.3 is 0 Å². The highest BCUT2D eigenvalue weighted by molar-refractivity contribution is 6.32. The van der Waals surface area contributed by atoms with Crippen LogP contribution < -0.4 is 5.73 Å². The number of nitrogens with two attached hydrogens (primary N) is 1. The van der Waals surface area contributed by atoms with Gasteiger partial charge in [0.1, 0.15) is 5.75 Å². The summed E-state index contributed by atoms with van der Waals surface area (Å²) in [7, 11) is 0. The number of nitrogen functional groups attached to an aromatic ring is 1. The van der Waals surface area contributed by atoms with E-state index in [0.717, 1.165) is 4.90 Å². The Morgan fingerprint density at radius 2 is 1.81 bits per heavy atom. The number of hydrogen-bond donors (Lipinski definition) is 2. The number of fused-ring (bicyclic) bond motifs is 1. The van der Waals surface area contributed by atoms with Gasteiger partial charge in [0, 0.05) is 11.3 Å². The molecule has 0 radical (unpaired) electrons. The number of phenolic OH excluding ortho intramolecular Hbond substituents is 1. The third-order valence-electron chi connectivity index (χ3n) is 3.43. The minimum absolute atomic E-state index is 0.0574. The van der Waals surface area contributed by atoms with Gasteiger partial charge in [0.05, 0.1) is 22.7 Å². The molecule has 1 aliphatic heterocycles. The quantitative estimate of drug-likeness (QED) is 0.659. The third-order valence-corrected chi connectivity index (χ3v) is 3.74. The van der Waals surface area contributed by atoms with Crippen LogP contribution in [-0.2, 0) is 6.54 Å². The number of aromatic hydroxyl groups is 1. The molecule has 0 spiro atoms. The number of halogens is 1. The van der Waals surface area contributed by atoms with Gasteiger partial charge in [-0.25, -0.2) is 0 Å². The van der Waals surface area contributed by atoms with Crippen molar-refractivity contribution in [3.63, 3.8) is 0 Å². The molecule has 1 aliphatic rings. The number of nitrogens with zero attached hydrogens (tertiary/aromatic N) is 1. The number of rotatable bonds is 2. The van der Waals surface area contributed by atoms with Gasteiger partial charge in [-0.3, -0.25) is 14.5 Å². The second kappa shape index (κ2) is 4.79. The number of amides is 2. The number of imide groups is 1. The summed E-state index contributed by atoms with van der Waals surface area (Å²) in [6.07, 6.45) is 0. The normalized spacial score (nSPS) is 13.7. The summed E-state index contributed by atoms with van der Waals surface area (Å²) in [5.74, 6) is -1.03. The van der Waals surface area contributed by atoms with Crippen molar-refractivity contribution >= 4 is 29.1 Å². The Bertz CT molecular complexity index is 774. The first-order valence-corrected chi connectivity index (χ1v) is 6.59. The molecule has 0 aromatic heterocycles. The Kier molecular flexibility index (Phi) is 3.07. The summed E-state index contributed by atoms with van der Waals surface area (Å²) < 4.78 is 0. The van der Waals surface area contributed by atoms with E-state index >= 15 is 0 Å². The van der Waals surface area contributed by atoms with Crippen LogP contribution in [0, 0.1) is 0 Å². The lowest BCUT2D eigenvalue weighted by Gasteiger charge is -2.15. The Labute approximate surface area is 125 Å². The van der Waals surface area contributed by atoms with Crippen molar-refractivity contribution in [2.75, 3.05) is 5.73 Å². The molecule has 0 bridgehead atoms. The lowest BCUT2D eigenvalue weighted by molar-refractivity contribution is 0.0642. The monoisotopic (exact) mass is 302 g/mol. The Morgan fingerprint density at radius 3 is 2.52 bits per heavy atom. The van der Waals surface area contributed by atoms with Crippen LogP contribution in [0.2, 0.25) is 5.02 Å². The molecule has 5 nitrogen and oxygen atoms in total. The van der Waals surface area contributed by atoms with E-state index in [1.807, 2.05) is 0 Å². The van der Waals surface area contributed by atoms with Crippen molar-refractivity contribution in [2.24, 2.45) is 0 Å². The highest BCUT2D eigenvalue weighted by Crippen LogP contribution is 2.32. The van der Waals surface area contributed by atoms with Crippen molar-refractivity contribution in [1.82, 2.24) is 4.90 Å². The number of carbonyl (C=O) groups excluding carboxylic acids is 2. The van der Waals surface area contributed by atoms with Crippen LogP contribution in [0.5, 0.6) is 5.75 Å². The first-order chi connectivity index (χ1) is 10.0. The average Bonchev–Trinajstić information content (AvgIpc) is 2.70. The minimum Gasteiger partial charge on any atom is -0.506 e. The first kappa shape index (κ1) is 13.5. The highest BCUT2D eigenvalue weighted by atomic mass is 35.5. The van der Waals surface area contributed by atoms with Crippen LogP contribution in [0.25, 0.3) is 0 Å². The molecule has 0 unspecified atom stereocenters. The summed E-state index contributed by atoms with van der Waals surface area (Å²) in [4.78, 5) is 25.7. The van der Waals surface area contributed by atoms with Crippen LogP contribution in [-0.4, -0.2) is 21.8 Å². The number of hydrogen-bond acceptors (Lipinski definition) is 4. The Balaban J connectivity index is 1.99. The number of benzene rings is 2. The van der Waals surface area contributed by atoms with Gasteiger partial charge in [-0.2, -0.15) is 0 Å². The largest absolute Gasteiger partial charge is 0.506 e. The van der Waals surface area contributed by atoms with Gasteiger partial charge in [0.15, 0.2) is 0 Å². The Hall–Kier alpha value is -2.53. The summed E-state index contributed by atoms with van der Waals surface area (Å²) in [5.41, 5.74) is 6.92. The second-order valence-corrected chi connectivity index (χ2v) is 5.12. The summed E-state index contributed by atoms with van der Waals surface area (Å²) in [6.45, 7) is -0.0574. The zero-order valence-corrected chi connectivity index (χ0v) is 11.6. The van der Waals surface area contributed by atoms with E-state index in [1.54, 1.807) is 30.3 Å². The molecule has 6 heteroatoms. The molecule has 2 aromatic carbocycles. The van der Waals surface area contributed by atoms with E-state index in [4.69, 9.17) is 17.3 Å². The maximum absolute atomic E-state index is 12.3. The maximum Gasteiger partial charge on any atom is 0.263 e. The number of carbonyl (C=O) groups is 2. The van der Waals surface area contributed by atoms with Crippen LogP contribution in [0.4, 0.5) is 5.69 Å². The lowest BCUT2D eigenvalue weighted by atomic mass is 10.1. The van der Waals surface area contributed by atoms with Crippen LogP contribution in [0.3, 0.4) is 0 Å². The lowest BCUT2D eigenvalue weighted by Crippen LogP contribution is -2.29. The van der Waals surface area contributed by atoms with Crippen LogP contribution in [0.15, 0.2) is 36.4 Å². The van der Waals surface area contributed by atoms with Crippen LogP contribution in [0.1, 0.15) is 26.3 Å². The number of anilines is 1. The van der Waals surface area contributed by atoms with E-state index in [2.05, 4.69) is 0 Å². The van der Waals surface area contributed by atoms with Crippen molar-refractivity contribution in [1.29, 1.82) is 0 Å². The van der Waals surface area contributed by atoms with E-state index < -0.39 is 11.8 Å². The third kappa shape index (κ3) is 2.02. The fraction of sp³-hybridized carbons (Fsp3) is 0.0667. The van der Waals surface area contributed by atoms with Gasteiger partial charge in [-0.1, -0.05) is 29.8 Å². The second-order valence-electron chi connectivity index (χ2n) is 4.71. The zero-order valence-electron chi connectivity index (χ0n) is 10.8. The molecule has 1 heterocycles. The molecule has 0 atom stereocenters. The molecule has 3 rings (SSSR count). The van der Waals surface area contributed by atoms with E-state index in [1.165, 1.54) is 6.07 Å². The number of para-hydroxylation sites is 1. The molecular formula is C15H11ClN2O3. The Morgan fingerprint density at radius 1 is 1.10 bits per heavy atom. The van der Waals surface area contributed by atoms with Gasteiger partial charge in [0.2, 0.25) is 0 Å². The van der Waals surface area contributed by atoms with E-state index in [0.29, 0.717) is 5.56 Å². The van der Waals surface area contributed by atoms with Gasteiger partial charge in [-0.15, -0.1) is 0 Å². The predicted octanol–water partition coefficient (Wildman–Crippen LogP) is 2.42. The van der Waals surface area contributed by atoms with Crippen molar-refractivity contribution in [3.05, 3.63) is 58.1 Å². The fourth-order valence-corrected chi connectivity index (χ4v) is 2.56. The molecule has 21 heavy (non-hydrogen) atoms. The van der Waals surface area contributed by atoms with Crippen molar-refractivity contribution in [2.45, 2.75) is 6.54 Å². The van der Waals surface area contributed by atoms with Crippen molar-refractivity contribution < 1.29 is 14.7 Å². The SMILES string of the molecule is Nc1cccc2c1C(=O)N(Cc1cccc(Cl)c1O)C2=O. The average molecular weight is 303 g/mol. The fourth-order valence-electron chi connectivity index (χ4n) is 2.36. The van der Waals surface area contributed by atoms with Gasteiger partial charge in [-0.05, 0) is 18.2 Å². The standard InChI is InChI=1S/C15H11ClN2O3/c16-10-5-1-3-8(13(10)19)7-18-14(20)9-4-2-6-11(17)12(9)15(18)21/h1-6,19H,7,17H2. The van der Waals surface area contributed by atoms with E-state index in [-0.39, 0.29) is 34.1 Å². The van der Waals surface area contributed by atoms with E-state index in [9.17, 15) is 14.7 Å². The topological polar surface area (TPSA) is 83.6 Å². The molecule has 0 saturated carbocycles. The summed E-state index contributed by atoms with van der Waals surface area (Å²) >= 11 is 5.83. The van der Waals surface area contributed by atoms with Gasteiger partial charge < -0.3 is 10.8 Å². The summed E-state index contributed by atoms with van der Waals surface area (Å²) in [5, 5.41) is 10.1. The molecule has 106 valence electrons. The smallest absolute Gasteiger partial charge is 0.263 e. The van der Waals surface area contributed by atoms with Crippen molar-refractivity contribution in [3.8, 4) is 5.75 Å². The highest BCUT2D eigenvalue weighted by Gasteiger charge is 2.37. The summed E-state index contributed by atoms with van der Waals surface area (Å²) in [6, 6.07) is 9.53. The predicted molar refractivity (Wildman–Crippen MR) is 78.2 cm³/mol. The van der Waals surface area contributed by atoms with Crippen LogP contribution >= 0.6 is 11.6 Å².